The summed E-state index contributed by atoms with van der Waals surface area (Å²) < 4.78 is 5.21. The van der Waals surface area contributed by atoms with E-state index < -0.39 is 6.09 Å². The maximum absolute atomic E-state index is 12.0. The Morgan fingerprint density at radius 3 is 2.36 bits per heavy atom. The third-order valence-electron chi connectivity index (χ3n) is 3.41. The maximum Gasteiger partial charge on any atom is 0.417 e. The van der Waals surface area contributed by atoms with Crippen molar-refractivity contribution in [3.63, 3.8) is 0 Å². The van der Waals surface area contributed by atoms with Crippen LogP contribution in [0.1, 0.15) is 5.56 Å². The van der Waals surface area contributed by atoms with Gasteiger partial charge in [-0.3, -0.25) is 5.32 Å². The van der Waals surface area contributed by atoms with Crippen LogP contribution in [-0.4, -0.2) is 11.2 Å². The number of hydrogen-bond acceptors (Lipinski definition) is 3. The van der Waals surface area contributed by atoms with Crippen molar-refractivity contribution in [1.82, 2.24) is 0 Å². The van der Waals surface area contributed by atoms with Gasteiger partial charge in [0.1, 0.15) is 0 Å². The first-order chi connectivity index (χ1) is 10.6. The zero-order valence-corrected chi connectivity index (χ0v) is 12.0. The Morgan fingerprint density at radius 1 is 1.00 bits per heavy atom. The largest absolute Gasteiger partial charge is 0.504 e. The Bertz CT molecular complexity index is 843. The minimum absolute atomic E-state index is 0.0707. The molecule has 3 aromatic carbocycles. The van der Waals surface area contributed by atoms with Gasteiger partial charge in [0.2, 0.25) is 0 Å². The number of hydrogen-bond donors (Lipinski definition) is 2. The van der Waals surface area contributed by atoms with Crippen LogP contribution in [0.25, 0.3) is 10.8 Å². The van der Waals surface area contributed by atoms with E-state index in [2.05, 4.69) is 5.32 Å². The highest BCUT2D eigenvalue weighted by atomic mass is 16.6. The van der Waals surface area contributed by atoms with Gasteiger partial charge < -0.3 is 9.84 Å². The molecule has 0 unspecified atom stereocenters. The lowest BCUT2D eigenvalue weighted by molar-refractivity contribution is 0.213. The molecule has 3 aromatic rings. The molecular formula is C18H15NO3. The topological polar surface area (TPSA) is 58.6 Å². The third-order valence-corrected chi connectivity index (χ3v) is 3.41. The Balaban J connectivity index is 1.82. The van der Waals surface area contributed by atoms with Gasteiger partial charge in [0, 0.05) is 5.69 Å². The Labute approximate surface area is 128 Å². The van der Waals surface area contributed by atoms with E-state index in [0.29, 0.717) is 5.69 Å². The van der Waals surface area contributed by atoms with Crippen molar-refractivity contribution in [2.24, 2.45) is 0 Å². The van der Waals surface area contributed by atoms with Crippen molar-refractivity contribution in [2.45, 2.75) is 6.92 Å². The Kier molecular flexibility index (Phi) is 3.66. The van der Waals surface area contributed by atoms with Gasteiger partial charge in [-0.25, -0.2) is 4.79 Å². The van der Waals surface area contributed by atoms with Crippen LogP contribution in [0.3, 0.4) is 0 Å². The second-order valence-corrected chi connectivity index (χ2v) is 5.00. The number of phenolic OH excluding ortho intramolecular Hbond substituents is 1. The van der Waals surface area contributed by atoms with Gasteiger partial charge >= 0.3 is 6.09 Å². The summed E-state index contributed by atoms with van der Waals surface area (Å²) in [6, 6.07) is 18.2. The summed E-state index contributed by atoms with van der Waals surface area (Å²) in [6.07, 6.45) is -0.639. The monoisotopic (exact) mass is 293 g/mol. The molecule has 0 saturated heterocycles. The quantitative estimate of drug-likeness (QED) is 0.733. The molecule has 1 amide bonds. The lowest BCUT2D eigenvalue weighted by atomic mass is 10.1. The summed E-state index contributed by atoms with van der Waals surface area (Å²) in [5.74, 6) is 0.0587. The van der Waals surface area contributed by atoms with Crippen LogP contribution in [0.15, 0.2) is 60.7 Å². The molecule has 0 aliphatic carbocycles. The lowest BCUT2D eigenvalue weighted by Crippen LogP contribution is -2.17. The summed E-state index contributed by atoms with van der Waals surface area (Å²) in [6.45, 7) is 1.89. The fraction of sp³-hybridized carbons (Fsp3) is 0.0556. The number of fused-ring (bicyclic) bond motifs is 1. The molecule has 0 bridgehead atoms. The van der Waals surface area contributed by atoms with Gasteiger partial charge in [0.25, 0.3) is 0 Å². The molecule has 0 aliphatic heterocycles. The number of carbonyl (C=O) groups is 1. The van der Waals surface area contributed by atoms with E-state index in [4.69, 9.17) is 4.74 Å². The number of phenols is 1. The van der Waals surface area contributed by atoms with Gasteiger partial charge in [0.05, 0.1) is 0 Å². The number of anilines is 1. The first kappa shape index (κ1) is 13.9. The molecule has 110 valence electrons. The fourth-order valence-electron chi connectivity index (χ4n) is 2.24. The molecule has 22 heavy (non-hydrogen) atoms. The maximum atomic E-state index is 12.0. The van der Waals surface area contributed by atoms with Crippen LogP contribution in [0.2, 0.25) is 0 Å². The second-order valence-electron chi connectivity index (χ2n) is 5.00. The third kappa shape index (κ3) is 2.86. The number of nitrogens with one attached hydrogen (secondary N) is 1. The van der Waals surface area contributed by atoms with Gasteiger partial charge in [-0.1, -0.05) is 42.5 Å². The zero-order valence-electron chi connectivity index (χ0n) is 12.0. The molecular weight excluding hydrogens is 278 g/mol. The Morgan fingerprint density at radius 2 is 1.64 bits per heavy atom. The summed E-state index contributed by atoms with van der Waals surface area (Å²) in [5.41, 5.74) is 1.61. The summed E-state index contributed by atoms with van der Waals surface area (Å²) in [7, 11) is 0. The molecule has 0 fully saturated rings. The van der Waals surface area contributed by atoms with Crippen LogP contribution in [0.5, 0.6) is 11.5 Å². The smallest absolute Gasteiger partial charge is 0.417 e. The normalized spacial score (nSPS) is 10.4. The fourth-order valence-corrected chi connectivity index (χ4v) is 2.24. The average molecular weight is 293 g/mol. The molecule has 2 N–H and O–H groups in total. The van der Waals surface area contributed by atoms with Crippen LogP contribution in [0.4, 0.5) is 10.5 Å². The van der Waals surface area contributed by atoms with Gasteiger partial charge in [0.15, 0.2) is 11.5 Å². The standard InChI is InChI=1S/C18H15NO3/c1-12-6-2-5-9-15(12)19-18(21)22-17-11-14-8-4-3-7-13(14)10-16(17)20/h2-11,20H,1H3,(H,19,21). The SMILES string of the molecule is Cc1ccccc1NC(=O)Oc1cc2ccccc2cc1O. The number of carbonyl (C=O) groups excluding carboxylic acids is 1. The molecule has 3 rings (SSSR count). The molecule has 0 atom stereocenters. The van der Waals surface area contributed by atoms with Crippen molar-refractivity contribution in [2.75, 3.05) is 5.32 Å². The van der Waals surface area contributed by atoms with Gasteiger partial charge in [-0.2, -0.15) is 0 Å². The molecule has 0 radical (unpaired) electrons. The minimum atomic E-state index is -0.639. The van der Waals surface area contributed by atoms with E-state index >= 15 is 0 Å². The lowest BCUT2D eigenvalue weighted by Gasteiger charge is -2.10. The van der Waals surface area contributed by atoms with E-state index in [0.717, 1.165) is 16.3 Å². The average Bonchev–Trinajstić information content (AvgIpc) is 2.50. The molecule has 0 heterocycles. The highest BCUT2D eigenvalue weighted by Gasteiger charge is 2.11. The van der Waals surface area contributed by atoms with Crippen molar-refractivity contribution >= 4 is 22.6 Å². The number of para-hydroxylation sites is 1. The molecule has 0 aromatic heterocycles. The highest BCUT2D eigenvalue weighted by Crippen LogP contribution is 2.31. The zero-order chi connectivity index (χ0) is 15.5. The van der Waals surface area contributed by atoms with E-state index in [1.807, 2.05) is 49.4 Å². The molecule has 0 spiro atoms. The second kappa shape index (κ2) is 5.77. The Hall–Kier alpha value is -3.01. The summed E-state index contributed by atoms with van der Waals surface area (Å²) >= 11 is 0. The number of rotatable bonds is 2. The van der Waals surface area contributed by atoms with Gasteiger partial charge in [-0.15, -0.1) is 0 Å². The van der Waals surface area contributed by atoms with Gasteiger partial charge in [-0.05, 0) is 41.5 Å². The van der Waals surface area contributed by atoms with Crippen molar-refractivity contribution in [3.05, 3.63) is 66.2 Å². The predicted molar refractivity (Wildman–Crippen MR) is 86.4 cm³/mol. The molecule has 0 aliphatic rings. The molecule has 0 saturated carbocycles. The van der Waals surface area contributed by atoms with E-state index in [-0.39, 0.29) is 11.5 Å². The van der Waals surface area contributed by atoms with Crippen LogP contribution >= 0.6 is 0 Å². The first-order valence-corrected chi connectivity index (χ1v) is 6.90. The van der Waals surface area contributed by atoms with E-state index in [1.165, 1.54) is 0 Å². The van der Waals surface area contributed by atoms with Crippen molar-refractivity contribution < 1.29 is 14.6 Å². The number of aryl methyl sites for hydroxylation is 1. The number of amides is 1. The predicted octanol–water partition coefficient (Wildman–Crippen LogP) is 4.46. The first-order valence-electron chi connectivity index (χ1n) is 6.90. The number of benzene rings is 3. The van der Waals surface area contributed by atoms with Crippen LogP contribution in [-0.2, 0) is 0 Å². The minimum Gasteiger partial charge on any atom is -0.504 e. The highest BCUT2D eigenvalue weighted by molar-refractivity contribution is 5.90. The van der Waals surface area contributed by atoms with Crippen LogP contribution < -0.4 is 10.1 Å². The van der Waals surface area contributed by atoms with E-state index in [1.54, 1.807) is 18.2 Å². The van der Waals surface area contributed by atoms with Crippen LogP contribution in [0, 0.1) is 6.92 Å². The number of ether oxygens (including phenoxy) is 1. The van der Waals surface area contributed by atoms with Crippen molar-refractivity contribution in [1.29, 1.82) is 0 Å². The molecule has 4 nitrogen and oxygen atoms in total. The number of aromatic hydroxyl groups is 1. The molecule has 4 heteroatoms. The van der Waals surface area contributed by atoms with Crippen molar-refractivity contribution in [3.8, 4) is 11.5 Å². The summed E-state index contributed by atoms with van der Waals surface area (Å²) in [5, 5.41) is 14.4. The summed E-state index contributed by atoms with van der Waals surface area (Å²) in [4.78, 5) is 12.0. The van der Waals surface area contributed by atoms with E-state index in [9.17, 15) is 9.90 Å².